The monoisotopic (exact) mass is 400 g/mol. The zero-order chi connectivity index (χ0) is 19.6. The van der Waals surface area contributed by atoms with Crippen LogP contribution in [0.5, 0.6) is 0 Å². The predicted octanol–water partition coefficient (Wildman–Crippen LogP) is 4.87. The Labute approximate surface area is 167 Å². The van der Waals surface area contributed by atoms with Gasteiger partial charge in [0.05, 0.1) is 11.8 Å². The number of aromatic nitrogens is 2. The lowest BCUT2D eigenvalue weighted by Crippen LogP contribution is -2.18. The first-order valence-electron chi connectivity index (χ1n) is 8.28. The highest BCUT2D eigenvalue weighted by Gasteiger charge is 2.13. The van der Waals surface area contributed by atoms with E-state index in [4.69, 9.17) is 23.2 Å². The molecule has 3 rings (SSSR count). The molecule has 0 unspecified atom stereocenters. The molecule has 0 saturated carbocycles. The normalized spacial score (nSPS) is 11.1. The molecule has 0 saturated heterocycles. The van der Waals surface area contributed by atoms with E-state index in [-0.39, 0.29) is 10.7 Å². The number of nitrogens with one attached hydrogen (secondary N) is 1. The van der Waals surface area contributed by atoms with Gasteiger partial charge in [-0.1, -0.05) is 29.3 Å². The maximum Gasteiger partial charge on any atom is 0.274 e. The van der Waals surface area contributed by atoms with Gasteiger partial charge in [-0.2, -0.15) is 5.10 Å². The minimum absolute atomic E-state index is 0.139. The average Bonchev–Trinajstić information content (AvgIpc) is 2.91. The summed E-state index contributed by atoms with van der Waals surface area (Å²) in [6.07, 6.45) is 3.13. The molecule has 1 N–H and O–H groups in total. The molecule has 138 valence electrons. The number of pyridine rings is 1. The minimum atomic E-state index is -0.413. The summed E-state index contributed by atoms with van der Waals surface area (Å²) in [7, 11) is 0. The summed E-state index contributed by atoms with van der Waals surface area (Å²) in [5, 5.41) is 4.88. The number of benzene rings is 1. The van der Waals surface area contributed by atoms with Crippen molar-refractivity contribution < 1.29 is 4.79 Å². The van der Waals surface area contributed by atoms with Crippen LogP contribution >= 0.6 is 23.2 Å². The summed E-state index contributed by atoms with van der Waals surface area (Å²) in [5.41, 5.74) is 7.82. The molecule has 0 spiro atoms. The van der Waals surface area contributed by atoms with E-state index >= 15 is 0 Å². The van der Waals surface area contributed by atoms with Crippen LogP contribution in [0.25, 0.3) is 5.69 Å². The lowest BCUT2D eigenvalue weighted by molar-refractivity contribution is 0.0955. The molecule has 5 nitrogen and oxygen atoms in total. The number of halogens is 2. The summed E-state index contributed by atoms with van der Waals surface area (Å²) < 4.78 is 2.11. The van der Waals surface area contributed by atoms with Crippen LogP contribution in [-0.2, 0) is 0 Å². The van der Waals surface area contributed by atoms with E-state index in [0.717, 1.165) is 28.2 Å². The predicted molar refractivity (Wildman–Crippen MR) is 109 cm³/mol. The first-order chi connectivity index (χ1) is 12.9. The topological polar surface area (TPSA) is 59.3 Å². The van der Waals surface area contributed by atoms with Crippen molar-refractivity contribution in [3.05, 3.63) is 80.8 Å². The summed E-state index contributed by atoms with van der Waals surface area (Å²) in [6, 6.07) is 11.0. The number of aryl methyl sites for hydroxylation is 2. The van der Waals surface area contributed by atoms with Gasteiger partial charge in [-0.15, -0.1) is 0 Å². The second-order valence-corrected chi connectivity index (χ2v) is 6.93. The first-order valence-corrected chi connectivity index (χ1v) is 9.03. The zero-order valence-corrected chi connectivity index (χ0v) is 16.6. The molecule has 0 aliphatic rings. The van der Waals surface area contributed by atoms with Gasteiger partial charge in [0.1, 0.15) is 5.15 Å². The Balaban J connectivity index is 1.85. The van der Waals surface area contributed by atoms with Crippen LogP contribution in [0.2, 0.25) is 10.2 Å². The van der Waals surface area contributed by atoms with E-state index < -0.39 is 5.91 Å². The van der Waals surface area contributed by atoms with Crippen molar-refractivity contribution >= 4 is 35.3 Å². The molecule has 1 aromatic carbocycles. The second-order valence-electron chi connectivity index (χ2n) is 6.13. The van der Waals surface area contributed by atoms with Gasteiger partial charge in [0.15, 0.2) is 0 Å². The number of hydrogen-bond donors (Lipinski definition) is 1. The first kappa shape index (κ1) is 19.1. The SMILES string of the molecule is Cc1ccc(Cl)cc1-n1c(C)cc(C=NNC(=O)c2cccnc2Cl)c1C. The van der Waals surface area contributed by atoms with E-state index in [1.807, 2.05) is 45.0 Å². The number of rotatable bonds is 4. The van der Waals surface area contributed by atoms with Crippen LogP contribution in [0.3, 0.4) is 0 Å². The van der Waals surface area contributed by atoms with Crippen molar-refractivity contribution in [2.75, 3.05) is 0 Å². The Morgan fingerprint density at radius 1 is 1.19 bits per heavy atom. The molecular formula is C20H18Cl2N4O. The standard InChI is InChI=1S/C20H18Cl2N4O/c1-12-6-7-16(21)10-18(12)26-13(2)9-15(14(26)3)11-24-25-20(27)17-5-4-8-23-19(17)22/h4-11H,1-3H3,(H,25,27). The quantitative estimate of drug-likeness (QED) is 0.385. The highest BCUT2D eigenvalue weighted by atomic mass is 35.5. The Kier molecular flexibility index (Phi) is 5.63. The van der Waals surface area contributed by atoms with Gasteiger partial charge in [0, 0.05) is 33.9 Å². The minimum Gasteiger partial charge on any atom is -0.318 e. The third-order valence-electron chi connectivity index (χ3n) is 4.26. The Hall–Kier alpha value is -2.63. The van der Waals surface area contributed by atoms with Crippen LogP contribution in [0, 0.1) is 20.8 Å². The number of carbonyl (C=O) groups is 1. The molecule has 2 aromatic heterocycles. The molecule has 3 aromatic rings. The molecule has 27 heavy (non-hydrogen) atoms. The fraction of sp³-hybridized carbons (Fsp3) is 0.150. The Morgan fingerprint density at radius 2 is 1.96 bits per heavy atom. The van der Waals surface area contributed by atoms with E-state index in [0.29, 0.717) is 5.02 Å². The molecular weight excluding hydrogens is 383 g/mol. The second kappa shape index (κ2) is 7.94. The number of nitrogens with zero attached hydrogens (tertiary/aromatic N) is 3. The molecule has 0 aliphatic heterocycles. The number of hydrogen-bond acceptors (Lipinski definition) is 3. The average molecular weight is 401 g/mol. The van der Waals surface area contributed by atoms with E-state index in [1.54, 1.807) is 18.3 Å². The number of hydrazone groups is 1. The summed E-state index contributed by atoms with van der Waals surface area (Å²) in [6.45, 7) is 6.04. The number of carbonyl (C=O) groups excluding carboxylic acids is 1. The third-order valence-corrected chi connectivity index (χ3v) is 4.79. The highest BCUT2D eigenvalue weighted by molar-refractivity contribution is 6.32. The van der Waals surface area contributed by atoms with E-state index in [1.165, 1.54) is 6.20 Å². The molecule has 7 heteroatoms. The van der Waals surface area contributed by atoms with Gasteiger partial charge in [0.2, 0.25) is 0 Å². The van der Waals surface area contributed by atoms with E-state index in [2.05, 4.69) is 20.1 Å². The molecule has 1 amide bonds. The van der Waals surface area contributed by atoms with Crippen molar-refractivity contribution in [3.8, 4) is 5.69 Å². The zero-order valence-electron chi connectivity index (χ0n) is 15.1. The molecule has 0 bridgehead atoms. The summed E-state index contributed by atoms with van der Waals surface area (Å²) in [5.74, 6) is -0.413. The Morgan fingerprint density at radius 3 is 2.70 bits per heavy atom. The van der Waals surface area contributed by atoms with Gasteiger partial charge in [-0.25, -0.2) is 10.4 Å². The van der Waals surface area contributed by atoms with Crippen molar-refractivity contribution in [2.45, 2.75) is 20.8 Å². The highest BCUT2D eigenvalue weighted by Crippen LogP contribution is 2.25. The molecule has 0 aliphatic carbocycles. The van der Waals surface area contributed by atoms with Crippen LogP contribution in [0.15, 0.2) is 47.7 Å². The van der Waals surface area contributed by atoms with Gasteiger partial charge in [-0.05, 0) is 56.7 Å². The molecule has 0 atom stereocenters. The van der Waals surface area contributed by atoms with Crippen molar-refractivity contribution in [1.29, 1.82) is 0 Å². The molecule has 0 fully saturated rings. The summed E-state index contributed by atoms with van der Waals surface area (Å²) >= 11 is 12.1. The van der Waals surface area contributed by atoms with Crippen LogP contribution < -0.4 is 5.43 Å². The van der Waals surface area contributed by atoms with Crippen LogP contribution in [0.1, 0.15) is 32.9 Å². The Bertz CT molecular complexity index is 1040. The largest absolute Gasteiger partial charge is 0.318 e. The van der Waals surface area contributed by atoms with Gasteiger partial charge < -0.3 is 4.57 Å². The maximum absolute atomic E-state index is 12.1. The molecule has 2 heterocycles. The van der Waals surface area contributed by atoms with Crippen molar-refractivity contribution in [3.63, 3.8) is 0 Å². The van der Waals surface area contributed by atoms with Crippen molar-refractivity contribution in [1.82, 2.24) is 15.0 Å². The number of amides is 1. The smallest absolute Gasteiger partial charge is 0.274 e. The fourth-order valence-corrected chi connectivity index (χ4v) is 3.26. The third kappa shape index (κ3) is 4.04. The lowest BCUT2D eigenvalue weighted by atomic mass is 10.2. The van der Waals surface area contributed by atoms with Crippen LogP contribution in [-0.4, -0.2) is 21.7 Å². The van der Waals surface area contributed by atoms with Gasteiger partial charge >= 0.3 is 0 Å². The van der Waals surface area contributed by atoms with Gasteiger partial charge in [-0.3, -0.25) is 4.79 Å². The lowest BCUT2D eigenvalue weighted by Gasteiger charge is -2.13. The van der Waals surface area contributed by atoms with Gasteiger partial charge in [0.25, 0.3) is 5.91 Å². The van der Waals surface area contributed by atoms with Crippen LogP contribution in [0.4, 0.5) is 0 Å². The van der Waals surface area contributed by atoms with E-state index in [9.17, 15) is 4.79 Å². The fourth-order valence-electron chi connectivity index (χ4n) is 2.89. The molecule has 0 radical (unpaired) electrons. The summed E-state index contributed by atoms with van der Waals surface area (Å²) in [4.78, 5) is 16.0. The maximum atomic E-state index is 12.1. The van der Waals surface area contributed by atoms with Crippen molar-refractivity contribution in [2.24, 2.45) is 5.10 Å².